The van der Waals surface area contributed by atoms with E-state index in [0.717, 1.165) is 0 Å². The summed E-state index contributed by atoms with van der Waals surface area (Å²) in [5.41, 5.74) is 1.35. The second kappa shape index (κ2) is 13.1. The summed E-state index contributed by atoms with van der Waals surface area (Å²) in [7, 11) is 0. The van der Waals surface area contributed by atoms with Crippen molar-refractivity contribution >= 4 is 24.5 Å². The van der Waals surface area contributed by atoms with Gasteiger partial charge in [-0.15, -0.1) is 0 Å². The predicted octanol–water partition coefficient (Wildman–Crippen LogP) is 7.94. The van der Waals surface area contributed by atoms with E-state index in [1.54, 1.807) is 17.7 Å². The fourth-order valence-corrected chi connectivity index (χ4v) is 19.5. The van der Waals surface area contributed by atoms with Crippen LogP contribution in [0.4, 0.5) is 0 Å². The molecule has 0 nitrogen and oxygen atoms in total. The summed E-state index contributed by atoms with van der Waals surface area (Å²) in [6, 6.07) is 10.8. The molecule has 0 saturated heterocycles. The summed E-state index contributed by atoms with van der Waals surface area (Å²) in [6.07, 6.45) is 14.7. The van der Waals surface area contributed by atoms with Crippen molar-refractivity contribution in [1.29, 1.82) is 0 Å². The molecule has 0 heterocycles. The number of hydrogen-bond donors (Lipinski definition) is 0. The molecule has 130 valence electrons. The van der Waals surface area contributed by atoms with Crippen molar-refractivity contribution in [1.82, 2.24) is 0 Å². The summed E-state index contributed by atoms with van der Waals surface area (Å²) < 4.78 is 6.51. The molecule has 0 fully saturated rings. The van der Waals surface area contributed by atoms with Crippen LogP contribution in [0.3, 0.4) is 0 Å². The van der Waals surface area contributed by atoms with E-state index in [0.29, 0.717) is 0 Å². The Hall–Kier alpha value is -0.241. The number of benzene rings is 1. The van der Waals surface area contributed by atoms with Crippen LogP contribution in [0.2, 0.25) is 17.7 Å². The van der Waals surface area contributed by atoms with Crippen LogP contribution in [0.5, 0.6) is 0 Å². The first kappa shape index (κ1) is 20.8. The molecule has 0 aliphatic rings. The maximum absolute atomic E-state index is 2.45. The van der Waals surface area contributed by atoms with Gasteiger partial charge in [0.2, 0.25) is 0 Å². The zero-order valence-corrected chi connectivity index (χ0v) is 18.7. The van der Waals surface area contributed by atoms with Gasteiger partial charge in [-0.3, -0.25) is 0 Å². The third-order valence-corrected chi connectivity index (χ3v) is 21.1. The zero-order chi connectivity index (χ0) is 16.8. The molecule has 0 amide bonds. The van der Waals surface area contributed by atoms with Crippen LogP contribution < -0.4 is 0 Å². The van der Waals surface area contributed by atoms with Crippen molar-refractivity contribution < 1.29 is 0 Å². The van der Waals surface area contributed by atoms with Gasteiger partial charge < -0.3 is 0 Å². The Kier molecular flexibility index (Phi) is 11.8. The average molecular weight is 421 g/mol. The second-order valence-corrected chi connectivity index (χ2v) is 21.4. The van der Waals surface area contributed by atoms with Crippen molar-refractivity contribution in [2.75, 3.05) is 0 Å². The van der Waals surface area contributed by atoms with Crippen molar-refractivity contribution in [2.45, 2.75) is 83.5 Å². The summed E-state index contributed by atoms with van der Waals surface area (Å²) in [6.45, 7) is 7.10. The first-order chi connectivity index (χ1) is 11.3. The van der Waals surface area contributed by atoms with Crippen LogP contribution in [0.15, 0.2) is 36.4 Å². The summed E-state index contributed by atoms with van der Waals surface area (Å²) in [4.78, 5) is 0. The van der Waals surface area contributed by atoms with Gasteiger partial charge in [0.15, 0.2) is 0 Å². The van der Waals surface area contributed by atoms with Crippen LogP contribution in [0, 0.1) is 0 Å². The molecule has 0 aromatic heterocycles. The average Bonchev–Trinajstić information content (AvgIpc) is 2.60. The Morgan fingerprint density at radius 2 is 1.26 bits per heavy atom. The fourth-order valence-electron chi connectivity index (χ4n) is 3.58. The quantitative estimate of drug-likeness (QED) is 0.284. The van der Waals surface area contributed by atoms with Crippen LogP contribution in [0.1, 0.15) is 71.3 Å². The summed E-state index contributed by atoms with van der Waals surface area (Å²) >= 11 is -1.89. The fraction of sp³-hybridized carbons (Fsp3) is 0.636. The van der Waals surface area contributed by atoms with Gasteiger partial charge in [0.25, 0.3) is 0 Å². The van der Waals surface area contributed by atoms with Gasteiger partial charge in [0, 0.05) is 0 Å². The number of hydrogen-bond acceptors (Lipinski definition) is 0. The van der Waals surface area contributed by atoms with Gasteiger partial charge in [0.05, 0.1) is 0 Å². The van der Waals surface area contributed by atoms with Crippen LogP contribution >= 0.6 is 0 Å². The van der Waals surface area contributed by atoms with Crippen molar-refractivity contribution in [2.24, 2.45) is 0 Å². The van der Waals surface area contributed by atoms with Crippen molar-refractivity contribution in [3.63, 3.8) is 0 Å². The standard InChI is InChI=1S/C10H11.3C4H9.Sn/c1-2-3-7-10-8-5-4-6-9-10;3*1-3-4-2;/h3-9H,1-2H2;3*1,3-4H2,2H3;/b7-3+;;;;. The van der Waals surface area contributed by atoms with Gasteiger partial charge in [0.1, 0.15) is 0 Å². The molecule has 1 aromatic carbocycles. The molecule has 0 bridgehead atoms. The molecule has 1 aromatic rings. The molecule has 23 heavy (non-hydrogen) atoms. The number of allylic oxidation sites excluding steroid dienone is 1. The Bertz CT molecular complexity index is 385. The number of rotatable bonds is 13. The topological polar surface area (TPSA) is 0 Å². The van der Waals surface area contributed by atoms with E-state index in [9.17, 15) is 0 Å². The van der Waals surface area contributed by atoms with E-state index in [-0.39, 0.29) is 0 Å². The first-order valence-corrected chi connectivity index (χ1v) is 18.0. The van der Waals surface area contributed by atoms with Crippen molar-refractivity contribution in [3.05, 3.63) is 42.0 Å². The minimum absolute atomic E-state index is 1.32. The van der Waals surface area contributed by atoms with Gasteiger partial charge in [-0.1, -0.05) is 0 Å². The summed E-state index contributed by atoms with van der Waals surface area (Å²) in [5, 5.41) is 0. The van der Waals surface area contributed by atoms with Crippen molar-refractivity contribution in [3.8, 4) is 0 Å². The third-order valence-electron chi connectivity index (χ3n) is 5.13. The molecule has 0 radical (unpaired) electrons. The Labute approximate surface area is 149 Å². The minimum atomic E-state index is -1.89. The first-order valence-electron chi connectivity index (χ1n) is 9.98. The van der Waals surface area contributed by atoms with E-state index in [2.05, 4.69) is 63.3 Å². The molecule has 1 heteroatoms. The molecule has 0 unspecified atom stereocenters. The Morgan fingerprint density at radius 1 is 0.739 bits per heavy atom. The van der Waals surface area contributed by atoms with E-state index in [1.807, 2.05) is 0 Å². The molecule has 0 aliphatic heterocycles. The maximum atomic E-state index is 2.45. The monoisotopic (exact) mass is 422 g/mol. The van der Waals surface area contributed by atoms with Crippen LogP contribution in [0.25, 0.3) is 6.08 Å². The molecule has 1 rings (SSSR count). The molecule has 0 saturated carbocycles. The van der Waals surface area contributed by atoms with Gasteiger partial charge in [-0.2, -0.15) is 0 Å². The molecule has 0 N–H and O–H groups in total. The predicted molar refractivity (Wildman–Crippen MR) is 110 cm³/mol. The van der Waals surface area contributed by atoms with E-state index in [4.69, 9.17) is 0 Å². The SMILES string of the molecule is CCC[CH2][Sn]([CH2]C/C=C/c1ccccc1)([CH2]CCC)[CH2]CCC. The molecular weight excluding hydrogens is 383 g/mol. The van der Waals surface area contributed by atoms with E-state index < -0.39 is 18.4 Å². The zero-order valence-electron chi connectivity index (χ0n) is 15.8. The molecule has 0 spiro atoms. The Morgan fingerprint density at radius 3 is 1.74 bits per heavy atom. The second-order valence-electron chi connectivity index (χ2n) is 7.16. The number of unbranched alkanes of at least 4 members (excludes halogenated alkanes) is 3. The molecule has 0 aliphatic carbocycles. The molecular formula is C22H38Sn. The van der Waals surface area contributed by atoms with Gasteiger partial charge in [-0.25, -0.2) is 0 Å². The van der Waals surface area contributed by atoms with Crippen LogP contribution in [-0.2, 0) is 0 Å². The van der Waals surface area contributed by atoms with E-state index in [1.165, 1.54) is 50.5 Å². The van der Waals surface area contributed by atoms with E-state index >= 15 is 0 Å². The van der Waals surface area contributed by atoms with Gasteiger partial charge >= 0.3 is 150 Å². The summed E-state index contributed by atoms with van der Waals surface area (Å²) in [5.74, 6) is 0. The normalized spacial score (nSPS) is 12.1. The third kappa shape index (κ3) is 8.98. The van der Waals surface area contributed by atoms with Gasteiger partial charge in [-0.05, 0) is 0 Å². The van der Waals surface area contributed by atoms with Crippen LogP contribution in [-0.4, -0.2) is 18.4 Å². The molecule has 0 atom stereocenters. The Balaban J connectivity index is 2.62.